The Hall–Kier alpha value is 0.270. The van der Waals surface area contributed by atoms with Gasteiger partial charge in [0, 0.05) is 40.7 Å². The van der Waals surface area contributed by atoms with E-state index in [9.17, 15) is 13.2 Å². The molecule has 3 nitrogen and oxygen atoms in total. The second kappa shape index (κ2) is 8.94. The molecule has 1 aliphatic rings. The lowest BCUT2D eigenvalue weighted by molar-refractivity contribution is -0.187. The van der Waals surface area contributed by atoms with Crippen molar-refractivity contribution >= 4 is 62.4 Å². The Morgan fingerprint density at radius 3 is 2.18 bits per heavy atom. The number of hydrogen-bond donors (Lipinski definition) is 2. The average Bonchev–Trinajstić information content (AvgIpc) is 2.35. The van der Waals surface area contributed by atoms with Crippen molar-refractivity contribution in [2.75, 3.05) is 31.9 Å². The summed E-state index contributed by atoms with van der Waals surface area (Å²) in [5, 5.41) is 3.05. The first-order chi connectivity index (χ1) is 9.30. The summed E-state index contributed by atoms with van der Waals surface area (Å²) in [6.07, 6.45) is -4.37. The molecule has 1 fully saturated rings. The van der Waals surface area contributed by atoms with E-state index < -0.39 is 12.2 Å². The van der Waals surface area contributed by atoms with Crippen LogP contribution in [0.4, 0.5) is 18.9 Å². The average molecular weight is 490 g/mol. The zero-order valence-corrected chi connectivity index (χ0v) is 16.1. The van der Waals surface area contributed by atoms with Gasteiger partial charge in [-0.25, -0.2) is 0 Å². The topological polar surface area (TPSA) is 41.3 Å². The standard InChI is InChI=1S/C12H14Br2F3N3.2ClH/c13-7-5-8(10(18)9(14)6-7)11(12(15,16)17)20-3-1-19-2-4-20;;/h5-6,11,19H,1-4,18H2;2*1H/t11-;;/m0../s1. The second-order valence-corrected chi connectivity index (χ2v) is 6.39. The first-order valence-corrected chi connectivity index (χ1v) is 7.65. The summed E-state index contributed by atoms with van der Waals surface area (Å²) < 4.78 is 41.5. The highest BCUT2D eigenvalue weighted by Gasteiger charge is 2.46. The van der Waals surface area contributed by atoms with E-state index in [1.807, 2.05) is 0 Å². The number of halogens is 7. The maximum atomic E-state index is 13.5. The van der Waals surface area contributed by atoms with Gasteiger partial charge in [0.2, 0.25) is 0 Å². The van der Waals surface area contributed by atoms with Crippen LogP contribution in [-0.4, -0.2) is 37.3 Å². The Balaban J connectivity index is 0.00000220. The number of hydrogen-bond acceptors (Lipinski definition) is 3. The van der Waals surface area contributed by atoms with Crippen molar-refractivity contribution in [2.24, 2.45) is 0 Å². The van der Waals surface area contributed by atoms with E-state index in [2.05, 4.69) is 37.2 Å². The maximum absolute atomic E-state index is 13.5. The molecule has 0 aliphatic carbocycles. The highest BCUT2D eigenvalue weighted by Crippen LogP contribution is 2.43. The van der Waals surface area contributed by atoms with Crippen LogP contribution < -0.4 is 11.1 Å². The molecule has 22 heavy (non-hydrogen) atoms. The van der Waals surface area contributed by atoms with Gasteiger partial charge in [0.05, 0.1) is 5.69 Å². The normalized spacial score (nSPS) is 17.3. The third kappa shape index (κ3) is 5.14. The summed E-state index contributed by atoms with van der Waals surface area (Å²) in [5.74, 6) is 0. The SMILES string of the molecule is Cl.Cl.Nc1c(Br)cc(Br)cc1[C@H](N1CCNCC1)C(F)(F)F. The lowest BCUT2D eigenvalue weighted by Crippen LogP contribution is -2.49. The largest absolute Gasteiger partial charge is 0.408 e. The molecular weight excluding hydrogens is 474 g/mol. The van der Waals surface area contributed by atoms with Gasteiger partial charge >= 0.3 is 6.18 Å². The van der Waals surface area contributed by atoms with Gasteiger partial charge in [0.15, 0.2) is 0 Å². The van der Waals surface area contributed by atoms with E-state index in [1.165, 1.54) is 11.0 Å². The minimum atomic E-state index is -4.37. The summed E-state index contributed by atoms with van der Waals surface area (Å²) >= 11 is 6.43. The van der Waals surface area contributed by atoms with Gasteiger partial charge < -0.3 is 11.1 Å². The zero-order chi connectivity index (χ0) is 14.9. The number of nitrogen functional groups attached to an aromatic ring is 1. The molecule has 2 rings (SSSR count). The fraction of sp³-hybridized carbons (Fsp3) is 0.500. The predicted octanol–water partition coefficient (Wildman–Crippen LogP) is 4.15. The van der Waals surface area contributed by atoms with Crippen LogP contribution in [-0.2, 0) is 0 Å². The first-order valence-electron chi connectivity index (χ1n) is 6.06. The summed E-state index contributed by atoms with van der Waals surface area (Å²) in [6, 6.07) is 1.41. The van der Waals surface area contributed by atoms with Crippen LogP contribution in [0.1, 0.15) is 11.6 Å². The molecule has 0 saturated carbocycles. The third-order valence-electron chi connectivity index (χ3n) is 3.25. The van der Waals surface area contributed by atoms with Crippen molar-refractivity contribution in [3.63, 3.8) is 0 Å². The van der Waals surface area contributed by atoms with E-state index in [1.54, 1.807) is 6.07 Å². The molecule has 1 atom stereocenters. The van der Waals surface area contributed by atoms with Gasteiger partial charge in [-0.3, -0.25) is 4.90 Å². The fourth-order valence-electron chi connectivity index (χ4n) is 2.35. The van der Waals surface area contributed by atoms with Crippen LogP contribution in [0.25, 0.3) is 0 Å². The van der Waals surface area contributed by atoms with Crippen molar-refractivity contribution < 1.29 is 13.2 Å². The smallest absolute Gasteiger partial charge is 0.398 e. The highest BCUT2D eigenvalue weighted by molar-refractivity contribution is 9.11. The molecule has 0 spiro atoms. The van der Waals surface area contributed by atoms with Crippen molar-refractivity contribution in [3.05, 3.63) is 26.6 Å². The summed E-state index contributed by atoms with van der Waals surface area (Å²) in [5.41, 5.74) is 6.06. The van der Waals surface area contributed by atoms with Crippen molar-refractivity contribution in [1.82, 2.24) is 10.2 Å². The van der Waals surface area contributed by atoms with Crippen LogP contribution in [0, 0.1) is 0 Å². The molecule has 1 saturated heterocycles. The number of nitrogens with one attached hydrogen (secondary N) is 1. The van der Waals surface area contributed by atoms with Crippen LogP contribution in [0.15, 0.2) is 21.1 Å². The minimum Gasteiger partial charge on any atom is -0.398 e. The lowest BCUT2D eigenvalue weighted by atomic mass is 10.0. The van der Waals surface area contributed by atoms with Gasteiger partial charge in [-0.05, 0) is 28.1 Å². The van der Waals surface area contributed by atoms with E-state index in [0.29, 0.717) is 35.1 Å². The van der Waals surface area contributed by atoms with Crippen molar-refractivity contribution in [1.29, 1.82) is 0 Å². The molecule has 3 N–H and O–H groups in total. The molecule has 0 bridgehead atoms. The Morgan fingerprint density at radius 2 is 1.68 bits per heavy atom. The summed E-state index contributed by atoms with van der Waals surface area (Å²) in [7, 11) is 0. The van der Waals surface area contributed by atoms with Gasteiger partial charge in [0.25, 0.3) is 0 Å². The third-order valence-corrected chi connectivity index (χ3v) is 4.36. The quantitative estimate of drug-likeness (QED) is 0.613. The Morgan fingerprint density at radius 1 is 1.14 bits per heavy atom. The van der Waals surface area contributed by atoms with Gasteiger partial charge in [0.1, 0.15) is 6.04 Å². The number of anilines is 1. The molecule has 0 aromatic heterocycles. The van der Waals surface area contributed by atoms with Crippen molar-refractivity contribution in [3.8, 4) is 0 Å². The highest BCUT2D eigenvalue weighted by atomic mass is 79.9. The number of nitrogens with zero attached hydrogens (tertiary/aromatic N) is 1. The molecule has 0 radical (unpaired) electrons. The molecule has 1 aliphatic heterocycles. The molecular formula is C12H16Br2Cl2F3N3. The summed E-state index contributed by atoms with van der Waals surface area (Å²) in [6.45, 7) is 1.77. The number of piperazine rings is 1. The van der Waals surface area contributed by atoms with Crippen LogP contribution in [0.3, 0.4) is 0 Å². The van der Waals surface area contributed by atoms with Crippen LogP contribution in [0.2, 0.25) is 0 Å². The molecule has 1 aromatic carbocycles. The molecule has 1 aromatic rings. The number of alkyl halides is 3. The predicted molar refractivity (Wildman–Crippen MR) is 94.0 cm³/mol. The summed E-state index contributed by atoms with van der Waals surface area (Å²) in [4.78, 5) is 1.42. The zero-order valence-electron chi connectivity index (χ0n) is 11.3. The van der Waals surface area contributed by atoms with Gasteiger partial charge in [-0.1, -0.05) is 15.9 Å². The fourth-order valence-corrected chi connectivity index (χ4v) is 3.61. The molecule has 0 unspecified atom stereocenters. The van der Waals surface area contributed by atoms with E-state index in [4.69, 9.17) is 5.73 Å². The van der Waals surface area contributed by atoms with Gasteiger partial charge in [-0.2, -0.15) is 13.2 Å². The monoisotopic (exact) mass is 487 g/mol. The maximum Gasteiger partial charge on any atom is 0.408 e. The second-order valence-electron chi connectivity index (χ2n) is 4.62. The number of rotatable bonds is 2. The molecule has 0 amide bonds. The van der Waals surface area contributed by atoms with Gasteiger partial charge in [-0.15, -0.1) is 24.8 Å². The molecule has 128 valence electrons. The number of benzene rings is 1. The minimum absolute atomic E-state index is 0. The Bertz CT molecular complexity index is 497. The van der Waals surface area contributed by atoms with E-state index >= 15 is 0 Å². The Kier molecular flexibility index (Phi) is 9.05. The first kappa shape index (κ1) is 22.3. The lowest BCUT2D eigenvalue weighted by Gasteiger charge is -2.36. The van der Waals surface area contributed by atoms with Crippen LogP contribution >= 0.6 is 56.7 Å². The molecule has 1 heterocycles. The van der Waals surface area contributed by atoms with E-state index in [0.717, 1.165) is 0 Å². The Labute approximate surface area is 156 Å². The van der Waals surface area contributed by atoms with Crippen molar-refractivity contribution in [2.45, 2.75) is 12.2 Å². The molecule has 10 heteroatoms. The number of nitrogens with two attached hydrogens (primary N) is 1. The van der Waals surface area contributed by atoms with E-state index in [-0.39, 0.29) is 36.1 Å². The van der Waals surface area contributed by atoms with Crippen LogP contribution in [0.5, 0.6) is 0 Å².